The lowest BCUT2D eigenvalue weighted by atomic mass is 10.0. The van der Waals surface area contributed by atoms with Crippen LogP contribution in [0.5, 0.6) is 0 Å². The number of methoxy groups -OCH3 is 1. The second kappa shape index (κ2) is 9.67. The molecule has 1 atom stereocenters. The van der Waals surface area contributed by atoms with Crippen molar-refractivity contribution in [2.24, 2.45) is 0 Å². The molecule has 1 aromatic heterocycles. The monoisotopic (exact) mass is 445 g/mol. The van der Waals surface area contributed by atoms with Crippen LogP contribution in [0.1, 0.15) is 23.7 Å². The normalized spacial score (nSPS) is 12.3. The number of nitrogens with one attached hydrogen (secondary N) is 1. The number of aromatic nitrogens is 2. The lowest BCUT2D eigenvalue weighted by Gasteiger charge is -2.16. The van der Waals surface area contributed by atoms with Crippen LogP contribution in [-0.4, -0.2) is 34.6 Å². The molecule has 1 amide bonds. The van der Waals surface area contributed by atoms with Crippen LogP contribution >= 0.6 is 0 Å². The molecule has 0 saturated carbocycles. The fourth-order valence-corrected chi connectivity index (χ4v) is 3.40. The van der Waals surface area contributed by atoms with Gasteiger partial charge in [-0.15, -0.1) is 0 Å². The van der Waals surface area contributed by atoms with Gasteiger partial charge in [0.2, 0.25) is 5.91 Å². The average Bonchev–Trinajstić information content (AvgIpc) is 3.14. The van der Waals surface area contributed by atoms with Crippen LogP contribution in [0.25, 0.3) is 11.3 Å². The highest BCUT2D eigenvalue weighted by molar-refractivity contribution is 5.83. The molecule has 32 heavy (non-hydrogen) atoms. The molecule has 1 N–H and O–H groups in total. The van der Waals surface area contributed by atoms with Crippen molar-refractivity contribution in [2.45, 2.75) is 32.1 Å². The van der Waals surface area contributed by atoms with Gasteiger partial charge in [0, 0.05) is 25.5 Å². The average molecular weight is 445 g/mol. The number of amides is 1. The first-order valence-corrected chi connectivity index (χ1v) is 9.79. The van der Waals surface area contributed by atoms with Crippen LogP contribution in [0, 0.1) is 0 Å². The predicted molar refractivity (Wildman–Crippen MR) is 112 cm³/mol. The number of carbonyl (C=O) groups excluding carboxylic acids is 2. The van der Waals surface area contributed by atoms with E-state index >= 15 is 0 Å². The van der Waals surface area contributed by atoms with Crippen molar-refractivity contribution < 1.29 is 27.5 Å². The van der Waals surface area contributed by atoms with E-state index in [9.17, 15) is 22.8 Å². The molecule has 1 heterocycles. The second-order valence-corrected chi connectivity index (χ2v) is 7.21. The quantitative estimate of drug-likeness (QED) is 0.561. The minimum atomic E-state index is -4.45. The molecule has 0 aliphatic carbocycles. The highest BCUT2D eigenvalue weighted by Gasteiger charge is 2.30. The molecule has 1 unspecified atom stereocenters. The van der Waals surface area contributed by atoms with Gasteiger partial charge in [-0.1, -0.05) is 42.5 Å². The minimum absolute atomic E-state index is 0.0183. The number of carbonyl (C=O) groups is 2. The lowest BCUT2D eigenvalue weighted by Crippen LogP contribution is -2.42. The summed E-state index contributed by atoms with van der Waals surface area (Å²) in [5.41, 5.74) is 1.72. The Labute approximate surface area is 183 Å². The topological polar surface area (TPSA) is 73.2 Å². The third kappa shape index (κ3) is 5.54. The second-order valence-electron chi connectivity index (χ2n) is 7.21. The summed E-state index contributed by atoms with van der Waals surface area (Å²) in [6.45, 7) is 1.70. The largest absolute Gasteiger partial charge is 0.467 e. The predicted octanol–water partition coefficient (Wildman–Crippen LogP) is 3.84. The third-order valence-electron chi connectivity index (χ3n) is 4.86. The molecule has 3 rings (SSSR count). The SMILES string of the molecule is COC(=O)C(Cc1ncn(Cc2ccccc2)c1-c1ccc(C(F)(F)F)cc1)NC(C)=O. The molecule has 6 nitrogen and oxygen atoms in total. The van der Waals surface area contributed by atoms with Crippen molar-refractivity contribution in [1.29, 1.82) is 0 Å². The van der Waals surface area contributed by atoms with Gasteiger partial charge in [0.25, 0.3) is 0 Å². The lowest BCUT2D eigenvalue weighted by molar-refractivity contribution is -0.144. The van der Waals surface area contributed by atoms with E-state index in [0.717, 1.165) is 17.7 Å². The number of hydrogen-bond donors (Lipinski definition) is 1. The van der Waals surface area contributed by atoms with E-state index in [1.54, 1.807) is 10.9 Å². The molecular weight excluding hydrogens is 423 g/mol. The fourth-order valence-electron chi connectivity index (χ4n) is 3.40. The van der Waals surface area contributed by atoms with Crippen molar-refractivity contribution in [3.05, 3.63) is 77.7 Å². The van der Waals surface area contributed by atoms with Gasteiger partial charge in [0.1, 0.15) is 6.04 Å². The molecule has 0 spiro atoms. The van der Waals surface area contributed by atoms with Crippen LogP contribution in [0.3, 0.4) is 0 Å². The van der Waals surface area contributed by atoms with E-state index in [2.05, 4.69) is 10.3 Å². The third-order valence-corrected chi connectivity index (χ3v) is 4.86. The van der Waals surface area contributed by atoms with Crippen LogP contribution in [-0.2, 0) is 33.5 Å². The van der Waals surface area contributed by atoms with E-state index in [1.807, 2.05) is 30.3 Å². The molecule has 3 aromatic rings. The Bertz CT molecular complexity index is 1080. The summed E-state index contributed by atoms with van der Waals surface area (Å²) in [5.74, 6) is -1.06. The highest BCUT2D eigenvalue weighted by Crippen LogP contribution is 2.32. The van der Waals surface area contributed by atoms with Gasteiger partial charge in [0.05, 0.1) is 30.4 Å². The smallest absolute Gasteiger partial charge is 0.416 e. The van der Waals surface area contributed by atoms with Gasteiger partial charge in [0.15, 0.2) is 0 Å². The maximum Gasteiger partial charge on any atom is 0.416 e. The zero-order chi connectivity index (χ0) is 23.3. The van der Waals surface area contributed by atoms with Crippen molar-refractivity contribution in [1.82, 2.24) is 14.9 Å². The van der Waals surface area contributed by atoms with Crippen molar-refractivity contribution in [3.8, 4) is 11.3 Å². The molecule has 9 heteroatoms. The van der Waals surface area contributed by atoms with E-state index in [1.165, 1.54) is 26.2 Å². The molecule has 2 aromatic carbocycles. The Balaban J connectivity index is 2.03. The van der Waals surface area contributed by atoms with Crippen molar-refractivity contribution >= 4 is 11.9 Å². The molecule has 0 fully saturated rings. The number of hydrogen-bond acceptors (Lipinski definition) is 4. The minimum Gasteiger partial charge on any atom is -0.467 e. The summed E-state index contributed by atoms with van der Waals surface area (Å²) in [7, 11) is 1.21. The van der Waals surface area contributed by atoms with Crippen LogP contribution < -0.4 is 5.32 Å². The number of alkyl halides is 3. The number of benzene rings is 2. The first kappa shape index (κ1) is 23.1. The standard InChI is InChI=1S/C23H22F3N3O3/c1-15(30)28-20(22(31)32-2)12-19-21(17-8-10-18(11-9-17)23(24,25)26)29(14-27-19)13-16-6-4-3-5-7-16/h3-11,14,20H,12-13H2,1-2H3,(H,28,30). The van der Waals surface area contributed by atoms with E-state index in [0.29, 0.717) is 23.5 Å². The summed E-state index contributed by atoms with van der Waals surface area (Å²) < 4.78 is 45.6. The number of ether oxygens (including phenoxy) is 1. The molecule has 0 saturated heterocycles. The van der Waals surface area contributed by atoms with Crippen molar-refractivity contribution in [3.63, 3.8) is 0 Å². The molecular formula is C23H22F3N3O3. The van der Waals surface area contributed by atoms with E-state index in [4.69, 9.17) is 4.74 Å². The van der Waals surface area contributed by atoms with E-state index in [-0.39, 0.29) is 6.42 Å². The van der Waals surface area contributed by atoms with Gasteiger partial charge in [-0.25, -0.2) is 9.78 Å². The summed E-state index contributed by atoms with van der Waals surface area (Å²) in [6, 6.07) is 13.3. The number of halogens is 3. The maximum absolute atomic E-state index is 13.0. The van der Waals surface area contributed by atoms with Gasteiger partial charge < -0.3 is 14.6 Å². The first-order valence-electron chi connectivity index (χ1n) is 9.79. The summed E-state index contributed by atoms with van der Waals surface area (Å²) in [5, 5.41) is 2.53. The van der Waals surface area contributed by atoms with E-state index < -0.39 is 29.7 Å². The highest BCUT2D eigenvalue weighted by atomic mass is 19.4. The number of esters is 1. The molecule has 0 aliphatic rings. The Hall–Kier alpha value is -3.62. The zero-order valence-corrected chi connectivity index (χ0v) is 17.5. The molecule has 0 radical (unpaired) electrons. The number of imidazole rings is 1. The van der Waals surface area contributed by atoms with Crippen molar-refractivity contribution in [2.75, 3.05) is 7.11 Å². The zero-order valence-electron chi connectivity index (χ0n) is 17.5. The van der Waals surface area contributed by atoms with Gasteiger partial charge in [-0.3, -0.25) is 4.79 Å². The summed E-state index contributed by atoms with van der Waals surface area (Å²) >= 11 is 0. The maximum atomic E-state index is 13.0. The number of nitrogens with zero attached hydrogens (tertiary/aromatic N) is 2. The molecule has 168 valence electrons. The van der Waals surface area contributed by atoms with Gasteiger partial charge in [-0.2, -0.15) is 13.2 Å². The Kier molecular flexibility index (Phi) is 6.97. The van der Waals surface area contributed by atoms with Crippen LogP contribution in [0.15, 0.2) is 60.9 Å². The fraction of sp³-hybridized carbons (Fsp3) is 0.261. The summed E-state index contributed by atoms with van der Waals surface area (Å²) in [4.78, 5) is 28.1. The molecule has 0 aliphatic heterocycles. The number of rotatable bonds is 7. The first-order chi connectivity index (χ1) is 15.2. The summed E-state index contributed by atoms with van der Waals surface area (Å²) in [6.07, 6.45) is -2.87. The Morgan fingerprint density at radius 1 is 1.09 bits per heavy atom. The molecule has 0 bridgehead atoms. The van der Waals surface area contributed by atoms with Crippen LogP contribution in [0.2, 0.25) is 0 Å². The van der Waals surface area contributed by atoms with Gasteiger partial charge in [-0.05, 0) is 17.7 Å². The van der Waals surface area contributed by atoms with Gasteiger partial charge >= 0.3 is 12.1 Å². The van der Waals surface area contributed by atoms with Crippen LogP contribution in [0.4, 0.5) is 13.2 Å². The Morgan fingerprint density at radius 2 is 1.75 bits per heavy atom. The Morgan fingerprint density at radius 3 is 2.31 bits per heavy atom.